The minimum atomic E-state index is -0.729. The number of amides is 1. The van der Waals surface area contributed by atoms with Gasteiger partial charge in [-0.2, -0.15) is 0 Å². The van der Waals surface area contributed by atoms with Gasteiger partial charge in [0.15, 0.2) is 6.61 Å². The molecule has 1 atom stereocenters. The van der Waals surface area contributed by atoms with Crippen LogP contribution in [0.5, 0.6) is 0 Å². The Labute approximate surface area is 140 Å². The number of halogens is 1. The molecule has 2 aromatic carbocycles. The van der Waals surface area contributed by atoms with E-state index in [1.165, 1.54) is 18.2 Å². The zero-order valence-electron chi connectivity index (χ0n) is 13.7. The summed E-state index contributed by atoms with van der Waals surface area (Å²) in [6.07, 6.45) is 0.715. The molecule has 0 fully saturated rings. The number of nitrogens with one attached hydrogen (secondary N) is 1. The highest BCUT2D eigenvalue weighted by Gasteiger charge is 2.15. The molecule has 0 unspecified atom stereocenters. The fourth-order valence-electron chi connectivity index (χ4n) is 2.29. The number of ether oxygens (including phenoxy) is 1. The van der Waals surface area contributed by atoms with Gasteiger partial charge in [0.2, 0.25) is 0 Å². The fourth-order valence-corrected chi connectivity index (χ4v) is 2.29. The summed E-state index contributed by atoms with van der Waals surface area (Å²) < 4.78 is 18.0. The van der Waals surface area contributed by atoms with Gasteiger partial charge in [0.05, 0.1) is 11.6 Å². The van der Waals surface area contributed by atoms with E-state index < -0.39 is 24.3 Å². The Bertz CT molecular complexity index is 713. The second-order valence-electron chi connectivity index (χ2n) is 5.53. The number of esters is 1. The topological polar surface area (TPSA) is 55.4 Å². The van der Waals surface area contributed by atoms with Gasteiger partial charge in [-0.05, 0) is 37.1 Å². The smallest absolute Gasteiger partial charge is 0.338 e. The normalized spacial score (nSPS) is 11.6. The van der Waals surface area contributed by atoms with Gasteiger partial charge in [0, 0.05) is 0 Å². The van der Waals surface area contributed by atoms with Crippen molar-refractivity contribution in [2.75, 3.05) is 6.61 Å². The molecule has 2 aromatic rings. The molecule has 0 saturated carbocycles. The van der Waals surface area contributed by atoms with E-state index in [9.17, 15) is 14.0 Å². The summed E-state index contributed by atoms with van der Waals surface area (Å²) in [6, 6.07) is 12.9. The van der Waals surface area contributed by atoms with E-state index in [1.54, 1.807) is 0 Å². The van der Waals surface area contributed by atoms with Gasteiger partial charge in [-0.25, -0.2) is 9.18 Å². The van der Waals surface area contributed by atoms with Crippen LogP contribution in [0.3, 0.4) is 0 Å². The molecule has 24 heavy (non-hydrogen) atoms. The molecule has 0 aliphatic rings. The van der Waals surface area contributed by atoms with Crippen molar-refractivity contribution in [3.63, 3.8) is 0 Å². The Kier molecular flexibility index (Phi) is 6.07. The lowest BCUT2D eigenvalue weighted by Gasteiger charge is -2.17. The Morgan fingerprint density at radius 2 is 1.88 bits per heavy atom. The highest BCUT2D eigenvalue weighted by molar-refractivity contribution is 5.91. The predicted octanol–water partition coefficient (Wildman–Crippen LogP) is 3.56. The van der Waals surface area contributed by atoms with Crippen molar-refractivity contribution < 1.29 is 18.7 Å². The molecule has 1 amide bonds. The molecular formula is C19H20FNO3. The van der Waals surface area contributed by atoms with E-state index in [0.29, 0.717) is 6.42 Å². The van der Waals surface area contributed by atoms with E-state index in [4.69, 9.17) is 4.74 Å². The maximum absolute atomic E-state index is 13.1. The molecule has 126 valence electrons. The minimum Gasteiger partial charge on any atom is -0.452 e. The average Bonchev–Trinajstić information content (AvgIpc) is 2.58. The standard InChI is InChI=1S/C19H20FNO3/c1-3-17(14-9-7-13(2)8-10-14)21-18(22)12-24-19(23)15-5-4-6-16(20)11-15/h4-11,17H,3,12H2,1-2H3,(H,21,22)/t17-/m0/s1. The van der Waals surface area contributed by atoms with Gasteiger partial charge in [0.25, 0.3) is 5.91 Å². The van der Waals surface area contributed by atoms with Crippen LogP contribution in [0.2, 0.25) is 0 Å². The van der Waals surface area contributed by atoms with Crippen LogP contribution in [0.25, 0.3) is 0 Å². The Morgan fingerprint density at radius 3 is 2.50 bits per heavy atom. The molecule has 0 bridgehead atoms. The largest absolute Gasteiger partial charge is 0.452 e. The molecule has 0 heterocycles. The van der Waals surface area contributed by atoms with E-state index in [-0.39, 0.29) is 11.6 Å². The highest BCUT2D eigenvalue weighted by Crippen LogP contribution is 2.17. The Balaban J connectivity index is 1.89. The van der Waals surface area contributed by atoms with E-state index >= 15 is 0 Å². The zero-order chi connectivity index (χ0) is 17.5. The van der Waals surface area contributed by atoms with Crippen molar-refractivity contribution in [1.82, 2.24) is 5.32 Å². The van der Waals surface area contributed by atoms with Crippen LogP contribution >= 0.6 is 0 Å². The first-order valence-electron chi connectivity index (χ1n) is 7.78. The van der Waals surface area contributed by atoms with Gasteiger partial charge in [0.1, 0.15) is 5.82 Å². The van der Waals surface area contributed by atoms with Gasteiger partial charge < -0.3 is 10.1 Å². The molecule has 0 radical (unpaired) electrons. The molecule has 1 N–H and O–H groups in total. The number of hydrogen-bond donors (Lipinski definition) is 1. The number of carbonyl (C=O) groups is 2. The van der Waals surface area contributed by atoms with Gasteiger partial charge in [-0.15, -0.1) is 0 Å². The van der Waals surface area contributed by atoms with Gasteiger partial charge in [-0.1, -0.05) is 42.8 Å². The maximum Gasteiger partial charge on any atom is 0.338 e. The Morgan fingerprint density at radius 1 is 1.17 bits per heavy atom. The number of carbonyl (C=O) groups excluding carboxylic acids is 2. The summed E-state index contributed by atoms with van der Waals surface area (Å²) in [7, 11) is 0. The van der Waals surface area contributed by atoms with Crippen molar-refractivity contribution >= 4 is 11.9 Å². The van der Waals surface area contributed by atoms with E-state index in [0.717, 1.165) is 17.2 Å². The van der Waals surface area contributed by atoms with Gasteiger partial charge in [-0.3, -0.25) is 4.79 Å². The summed E-state index contributed by atoms with van der Waals surface area (Å²) in [5.41, 5.74) is 2.21. The van der Waals surface area contributed by atoms with Crippen LogP contribution in [-0.2, 0) is 9.53 Å². The fraction of sp³-hybridized carbons (Fsp3) is 0.263. The molecule has 0 spiro atoms. The number of hydrogen-bond acceptors (Lipinski definition) is 3. The molecule has 0 saturated heterocycles. The SMILES string of the molecule is CC[C@H](NC(=O)COC(=O)c1cccc(F)c1)c1ccc(C)cc1. The molecule has 0 aliphatic heterocycles. The molecule has 5 heteroatoms. The third kappa shape index (κ3) is 4.91. The van der Waals surface area contributed by atoms with Crippen LogP contribution in [0.4, 0.5) is 4.39 Å². The van der Waals surface area contributed by atoms with Crippen molar-refractivity contribution in [3.8, 4) is 0 Å². The van der Waals surface area contributed by atoms with Crippen molar-refractivity contribution in [3.05, 3.63) is 71.0 Å². The molecule has 0 aliphatic carbocycles. The second-order valence-corrected chi connectivity index (χ2v) is 5.53. The number of rotatable bonds is 6. The summed E-state index contributed by atoms with van der Waals surface area (Å²) in [5.74, 6) is -1.65. The lowest BCUT2D eigenvalue weighted by atomic mass is 10.0. The molecular weight excluding hydrogens is 309 g/mol. The van der Waals surface area contributed by atoms with Crippen molar-refractivity contribution in [1.29, 1.82) is 0 Å². The Hall–Kier alpha value is -2.69. The first-order chi connectivity index (χ1) is 11.5. The molecule has 0 aromatic heterocycles. The predicted molar refractivity (Wildman–Crippen MR) is 89.0 cm³/mol. The van der Waals surface area contributed by atoms with Crippen LogP contribution < -0.4 is 5.32 Å². The first-order valence-corrected chi connectivity index (χ1v) is 7.78. The van der Waals surface area contributed by atoms with Crippen LogP contribution in [-0.4, -0.2) is 18.5 Å². The lowest BCUT2D eigenvalue weighted by molar-refractivity contribution is -0.125. The average molecular weight is 329 g/mol. The minimum absolute atomic E-state index is 0.0772. The van der Waals surface area contributed by atoms with Crippen LogP contribution in [0, 0.1) is 12.7 Å². The zero-order valence-corrected chi connectivity index (χ0v) is 13.7. The van der Waals surface area contributed by atoms with Crippen molar-refractivity contribution in [2.45, 2.75) is 26.3 Å². The monoisotopic (exact) mass is 329 g/mol. The van der Waals surface area contributed by atoms with E-state index in [1.807, 2.05) is 38.1 Å². The number of aryl methyl sites for hydroxylation is 1. The summed E-state index contributed by atoms with van der Waals surface area (Å²) in [5, 5.41) is 2.83. The van der Waals surface area contributed by atoms with E-state index in [2.05, 4.69) is 5.32 Å². The second kappa shape index (κ2) is 8.24. The molecule has 2 rings (SSSR count). The maximum atomic E-state index is 13.1. The molecule has 4 nitrogen and oxygen atoms in total. The first kappa shape index (κ1) is 17.7. The third-order valence-corrected chi connectivity index (χ3v) is 3.62. The quantitative estimate of drug-likeness (QED) is 0.825. The van der Waals surface area contributed by atoms with Crippen LogP contribution in [0.1, 0.15) is 40.9 Å². The summed E-state index contributed by atoms with van der Waals surface area (Å²) >= 11 is 0. The third-order valence-electron chi connectivity index (χ3n) is 3.62. The summed E-state index contributed by atoms with van der Waals surface area (Å²) in [6.45, 7) is 3.55. The van der Waals surface area contributed by atoms with Crippen molar-refractivity contribution in [2.24, 2.45) is 0 Å². The van der Waals surface area contributed by atoms with Crippen LogP contribution in [0.15, 0.2) is 48.5 Å². The summed E-state index contributed by atoms with van der Waals surface area (Å²) in [4.78, 5) is 23.8. The lowest BCUT2D eigenvalue weighted by Crippen LogP contribution is -2.32. The van der Waals surface area contributed by atoms with Gasteiger partial charge >= 0.3 is 5.97 Å². The number of benzene rings is 2. The highest BCUT2D eigenvalue weighted by atomic mass is 19.1.